The van der Waals surface area contributed by atoms with E-state index in [0.29, 0.717) is 11.1 Å². The summed E-state index contributed by atoms with van der Waals surface area (Å²) in [6.07, 6.45) is 10.3. The zero-order valence-corrected chi connectivity index (χ0v) is 15.7. The predicted octanol–water partition coefficient (Wildman–Crippen LogP) is 2.11. The predicted molar refractivity (Wildman–Crippen MR) is 100 cm³/mol. The van der Waals surface area contributed by atoms with Gasteiger partial charge in [-0.1, -0.05) is 0 Å². The van der Waals surface area contributed by atoms with Gasteiger partial charge in [0, 0.05) is 56.6 Å². The second-order valence-electron chi connectivity index (χ2n) is 9.29. The third-order valence-corrected chi connectivity index (χ3v) is 7.59. The maximum absolute atomic E-state index is 12.8. The zero-order valence-electron chi connectivity index (χ0n) is 15.7. The second-order valence-corrected chi connectivity index (χ2v) is 9.29. The van der Waals surface area contributed by atoms with Gasteiger partial charge in [0.25, 0.3) is 11.5 Å². The number of aryl methyl sites for hydroxylation is 1. The molecule has 0 unspecified atom stereocenters. The maximum atomic E-state index is 12.8. The van der Waals surface area contributed by atoms with E-state index in [1.54, 1.807) is 19.3 Å². The molecule has 0 aromatic carbocycles. The van der Waals surface area contributed by atoms with Gasteiger partial charge >= 0.3 is 0 Å². The molecule has 5 aliphatic rings. The molecule has 1 aliphatic heterocycles. The zero-order chi connectivity index (χ0) is 17.9. The summed E-state index contributed by atoms with van der Waals surface area (Å²) in [6, 6.07) is 3.23. The van der Waals surface area contributed by atoms with Gasteiger partial charge in [0.1, 0.15) is 0 Å². The molecule has 4 saturated carbocycles. The number of pyridine rings is 1. The fourth-order valence-corrected chi connectivity index (χ4v) is 6.70. The summed E-state index contributed by atoms with van der Waals surface area (Å²) in [5.74, 6) is 2.89. The van der Waals surface area contributed by atoms with Crippen LogP contribution in [0.15, 0.2) is 23.1 Å². The van der Waals surface area contributed by atoms with E-state index in [-0.39, 0.29) is 11.5 Å². The summed E-state index contributed by atoms with van der Waals surface area (Å²) in [4.78, 5) is 29.3. The Balaban J connectivity index is 1.27. The van der Waals surface area contributed by atoms with Crippen molar-refractivity contribution in [2.45, 2.75) is 44.1 Å². The van der Waals surface area contributed by atoms with Crippen LogP contribution in [0.1, 0.15) is 48.9 Å². The molecule has 1 amide bonds. The molecule has 1 aromatic heterocycles. The summed E-state index contributed by atoms with van der Waals surface area (Å²) in [5.41, 5.74) is 0.839. The minimum Gasteiger partial charge on any atom is -0.336 e. The van der Waals surface area contributed by atoms with E-state index >= 15 is 0 Å². The van der Waals surface area contributed by atoms with E-state index in [1.165, 1.54) is 49.2 Å². The highest BCUT2D eigenvalue weighted by atomic mass is 16.2. The van der Waals surface area contributed by atoms with Crippen molar-refractivity contribution in [1.29, 1.82) is 0 Å². The number of rotatable bonds is 2. The van der Waals surface area contributed by atoms with Gasteiger partial charge in [0.05, 0.1) is 0 Å². The normalized spacial score (nSPS) is 36.5. The summed E-state index contributed by atoms with van der Waals surface area (Å²) in [7, 11) is 1.71. The third kappa shape index (κ3) is 2.63. The van der Waals surface area contributed by atoms with Gasteiger partial charge in [-0.05, 0) is 62.3 Å². The number of piperazine rings is 1. The number of hydrogen-bond donors (Lipinski definition) is 0. The van der Waals surface area contributed by atoms with Crippen LogP contribution in [0.5, 0.6) is 0 Å². The number of carbonyl (C=O) groups is 1. The molecule has 6 rings (SSSR count). The average Bonchev–Trinajstić information content (AvgIpc) is 2.62. The fraction of sp³-hybridized carbons (Fsp3) is 0.714. The van der Waals surface area contributed by atoms with Crippen molar-refractivity contribution in [3.63, 3.8) is 0 Å². The van der Waals surface area contributed by atoms with Crippen LogP contribution in [0.3, 0.4) is 0 Å². The van der Waals surface area contributed by atoms with Crippen LogP contribution in [-0.2, 0) is 7.05 Å². The lowest BCUT2D eigenvalue weighted by Crippen LogP contribution is -2.64. The Morgan fingerprint density at radius 1 is 1.00 bits per heavy atom. The van der Waals surface area contributed by atoms with E-state index in [1.807, 2.05) is 4.90 Å². The molecule has 0 atom stereocenters. The van der Waals surface area contributed by atoms with Crippen LogP contribution in [0.25, 0.3) is 0 Å². The van der Waals surface area contributed by atoms with Gasteiger partial charge in [-0.15, -0.1) is 0 Å². The van der Waals surface area contributed by atoms with E-state index < -0.39 is 0 Å². The number of nitrogens with zero attached hydrogens (tertiary/aromatic N) is 3. The molecule has 5 heteroatoms. The lowest BCUT2D eigenvalue weighted by atomic mass is 9.52. The Bertz CT molecular complexity index is 740. The molecular formula is C21H29N3O2. The van der Waals surface area contributed by atoms with Crippen molar-refractivity contribution in [1.82, 2.24) is 14.4 Å². The summed E-state index contributed by atoms with van der Waals surface area (Å²) in [6.45, 7) is 3.55. The van der Waals surface area contributed by atoms with E-state index in [2.05, 4.69) is 4.90 Å². The van der Waals surface area contributed by atoms with E-state index in [4.69, 9.17) is 0 Å². The number of amides is 1. The van der Waals surface area contributed by atoms with Gasteiger partial charge < -0.3 is 9.47 Å². The Labute approximate surface area is 155 Å². The molecule has 5 nitrogen and oxygen atoms in total. The molecule has 1 aromatic rings. The second kappa shape index (κ2) is 5.95. The van der Waals surface area contributed by atoms with Crippen LogP contribution in [0.4, 0.5) is 0 Å². The van der Waals surface area contributed by atoms with Crippen molar-refractivity contribution in [2.24, 2.45) is 24.8 Å². The molecule has 4 bridgehead atoms. The minimum atomic E-state index is -0.122. The van der Waals surface area contributed by atoms with Gasteiger partial charge in [-0.2, -0.15) is 0 Å². The lowest BCUT2D eigenvalue weighted by Gasteiger charge is -2.61. The number of carbonyl (C=O) groups excluding carboxylic acids is 1. The minimum absolute atomic E-state index is 0.00728. The van der Waals surface area contributed by atoms with Crippen molar-refractivity contribution >= 4 is 5.91 Å². The molecule has 2 heterocycles. The topological polar surface area (TPSA) is 45.6 Å². The highest BCUT2D eigenvalue weighted by molar-refractivity contribution is 5.94. The summed E-state index contributed by atoms with van der Waals surface area (Å²) >= 11 is 0. The SMILES string of the molecule is Cn1ccc(C(=O)N2CCN(C34CC5CC(CC(C5)C3)C4)CC2)cc1=O. The largest absolute Gasteiger partial charge is 0.336 e. The van der Waals surface area contributed by atoms with Gasteiger partial charge in [-0.3, -0.25) is 14.5 Å². The standard InChI is InChI=1S/C21H29N3O2/c1-22-3-2-18(11-19(22)25)20(26)23-4-6-24(7-5-23)21-12-15-8-16(13-21)10-17(9-15)14-21/h2-3,11,15-17H,4-10,12-14H2,1H3. The Kier molecular flexibility index (Phi) is 3.78. The Morgan fingerprint density at radius 3 is 2.12 bits per heavy atom. The quantitative estimate of drug-likeness (QED) is 0.816. The summed E-state index contributed by atoms with van der Waals surface area (Å²) < 4.78 is 1.50. The summed E-state index contributed by atoms with van der Waals surface area (Å²) in [5, 5.41) is 0. The first kappa shape index (κ1) is 16.5. The number of hydrogen-bond acceptors (Lipinski definition) is 3. The molecule has 0 radical (unpaired) electrons. The molecule has 5 fully saturated rings. The van der Waals surface area contributed by atoms with Crippen LogP contribution in [-0.4, -0.2) is 52.0 Å². The highest BCUT2D eigenvalue weighted by Gasteiger charge is 2.53. The van der Waals surface area contributed by atoms with Crippen molar-refractivity contribution in [3.05, 3.63) is 34.2 Å². The van der Waals surface area contributed by atoms with Crippen LogP contribution in [0, 0.1) is 17.8 Å². The Hall–Kier alpha value is -1.62. The number of aromatic nitrogens is 1. The van der Waals surface area contributed by atoms with Crippen molar-refractivity contribution in [2.75, 3.05) is 26.2 Å². The first-order valence-electron chi connectivity index (χ1n) is 10.2. The molecule has 1 saturated heterocycles. The van der Waals surface area contributed by atoms with Crippen molar-refractivity contribution < 1.29 is 4.79 Å². The molecular weight excluding hydrogens is 326 g/mol. The molecule has 0 N–H and O–H groups in total. The van der Waals surface area contributed by atoms with Crippen LogP contribution >= 0.6 is 0 Å². The van der Waals surface area contributed by atoms with Crippen LogP contribution < -0.4 is 5.56 Å². The lowest BCUT2D eigenvalue weighted by molar-refractivity contribution is -0.0987. The molecule has 0 spiro atoms. The van der Waals surface area contributed by atoms with E-state index in [9.17, 15) is 9.59 Å². The first-order valence-corrected chi connectivity index (χ1v) is 10.2. The molecule has 140 valence electrons. The first-order chi connectivity index (χ1) is 12.5. The van der Waals surface area contributed by atoms with Gasteiger partial charge in [0.2, 0.25) is 0 Å². The molecule has 26 heavy (non-hydrogen) atoms. The third-order valence-electron chi connectivity index (χ3n) is 7.59. The van der Waals surface area contributed by atoms with Crippen molar-refractivity contribution in [3.8, 4) is 0 Å². The maximum Gasteiger partial charge on any atom is 0.254 e. The fourth-order valence-electron chi connectivity index (χ4n) is 6.70. The average molecular weight is 355 g/mol. The monoisotopic (exact) mass is 355 g/mol. The smallest absolute Gasteiger partial charge is 0.254 e. The Morgan fingerprint density at radius 2 is 1.58 bits per heavy atom. The van der Waals surface area contributed by atoms with E-state index in [0.717, 1.165) is 43.9 Å². The van der Waals surface area contributed by atoms with Gasteiger partial charge in [0.15, 0.2) is 0 Å². The highest BCUT2D eigenvalue weighted by Crippen LogP contribution is 2.57. The van der Waals surface area contributed by atoms with Crippen LogP contribution in [0.2, 0.25) is 0 Å². The molecule has 4 aliphatic carbocycles. The van der Waals surface area contributed by atoms with Gasteiger partial charge in [-0.25, -0.2) is 0 Å².